The van der Waals surface area contributed by atoms with Gasteiger partial charge >= 0.3 is 0 Å². The maximum atomic E-state index is 13.0. The normalized spacial score (nSPS) is 16.5. The van der Waals surface area contributed by atoms with E-state index >= 15 is 0 Å². The molecule has 1 saturated heterocycles. The Morgan fingerprint density at radius 1 is 1.26 bits per heavy atom. The van der Waals surface area contributed by atoms with Crippen molar-refractivity contribution >= 4 is 5.91 Å². The van der Waals surface area contributed by atoms with Crippen molar-refractivity contribution in [1.29, 1.82) is 0 Å². The Hall–Kier alpha value is -3.22. The number of aryl methyl sites for hydroxylation is 1. The molecule has 3 heterocycles. The molecule has 0 aliphatic carbocycles. The number of carbonyl (C=O) groups excluding carboxylic acids is 1. The summed E-state index contributed by atoms with van der Waals surface area (Å²) in [4.78, 5) is 23.7. The second kappa shape index (κ2) is 9.29. The van der Waals surface area contributed by atoms with E-state index < -0.39 is 0 Å². The largest absolute Gasteiger partial charge is 0.475 e. The molecule has 162 valence electrons. The van der Waals surface area contributed by atoms with Crippen LogP contribution in [0.1, 0.15) is 48.5 Å². The molecule has 2 aromatic heterocycles. The lowest BCUT2D eigenvalue weighted by Crippen LogP contribution is -2.40. The van der Waals surface area contributed by atoms with E-state index in [0.29, 0.717) is 42.0 Å². The summed E-state index contributed by atoms with van der Waals surface area (Å²) < 4.78 is 11.1. The Balaban J connectivity index is 1.39. The first kappa shape index (κ1) is 21.0. The zero-order valence-electron chi connectivity index (χ0n) is 18.2. The van der Waals surface area contributed by atoms with E-state index in [1.54, 1.807) is 18.3 Å². The van der Waals surface area contributed by atoms with Crippen LogP contribution in [-0.4, -0.2) is 45.1 Å². The molecule has 1 aromatic carbocycles. The number of nitrogens with zero attached hydrogens (tertiary/aromatic N) is 4. The predicted octanol–water partition coefficient (Wildman–Crippen LogP) is 4.32. The Morgan fingerprint density at radius 2 is 2.10 bits per heavy atom. The van der Waals surface area contributed by atoms with Crippen LogP contribution in [0, 0.1) is 12.8 Å². The molecule has 1 aliphatic heterocycles. The van der Waals surface area contributed by atoms with Crippen molar-refractivity contribution in [2.45, 2.75) is 46.1 Å². The van der Waals surface area contributed by atoms with Crippen molar-refractivity contribution in [3.05, 3.63) is 59.6 Å². The summed E-state index contributed by atoms with van der Waals surface area (Å²) in [6.07, 6.45) is 4.30. The molecule has 0 saturated carbocycles. The van der Waals surface area contributed by atoms with Gasteiger partial charge in [-0.3, -0.25) is 4.79 Å². The number of piperidine rings is 1. The lowest BCUT2D eigenvalue weighted by Gasteiger charge is -2.32. The highest BCUT2D eigenvalue weighted by Gasteiger charge is 2.26. The van der Waals surface area contributed by atoms with Crippen LogP contribution in [0.4, 0.5) is 0 Å². The minimum absolute atomic E-state index is 0.000532. The fourth-order valence-corrected chi connectivity index (χ4v) is 3.93. The van der Waals surface area contributed by atoms with Gasteiger partial charge in [-0.15, -0.1) is 0 Å². The molecule has 7 heteroatoms. The van der Waals surface area contributed by atoms with Crippen molar-refractivity contribution in [3.8, 4) is 17.3 Å². The maximum absolute atomic E-state index is 13.0. The third-order valence-electron chi connectivity index (χ3n) is 5.46. The van der Waals surface area contributed by atoms with E-state index in [1.165, 1.54) is 0 Å². The van der Waals surface area contributed by atoms with Crippen LogP contribution in [0.3, 0.4) is 0 Å². The van der Waals surface area contributed by atoms with Crippen LogP contribution in [0.25, 0.3) is 11.4 Å². The Morgan fingerprint density at radius 3 is 2.84 bits per heavy atom. The number of hydrogen-bond acceptors (Lipinski definition) is 6. The summed E-state index contributed by atoms with van der Waals surface area (Å²) >= 11 is 0. The van der Waals surface area contributed by atoms with Gasteiger partial charge in [0.1, 0.15) is 0 Å². The highest BCUT2D eigenvalue weighted by atomic mass is 16.5. The summed E-state index contributed by atoms with van der Waals surface area (Å²) in [5.74, 6) is 2.06. The fourth-order valence-electron chi connectivity index (χ4n) is 3.93. The third kappa shape index (κ3) is 5.10. The zero-order valence-corrected chi connectivity index (χ0v) is 18.2. The van der Waals surface area contributed by atoms with Gasteiger partial charge in [0.2, 0.25) is 17.6 Å². The molecule has 0 radical (unpaired) electrons. The molecule has 1 unspecified atom stereocenters. The highest BCUT2D eigenvalue weighted by molar-refractivity contribution is 5.94. The van der Waals surface area contributed by atoms with Gasteiger partial charge in [0, 0.05) is 37.3 Å². The number of carbonyl (C=O) groups is 1. The lowest BCUT2D eigenvalue weighted by atomic mass is 9.94. The molecule has 4 rings (SSSR count). The van der Waals surface area contributed by atoms with Crippen LogP contribution in [-0.2, 0) is 6.42 Å². The standard InChI is InChI=1S/C24H28N4O3/c1-16(2)30-21-11-10-19(14-25-21)24(29)28-12-6-8-18(15-28)13-22-26-23(27-31-22)20-9-5-4-7-17(20)3/h4-5,7,9-11,14,16,18H,6,8,12-13,15H2,1-3H3. The number of ether oxygens (including phenoxy) is 1. The molecule has 1 aliphatic rings. The molecule has 1 amide bonds. The summed E-state index contributed by atoms with van der Waals surface area (Å²) in [7, 11) is 0. The number of hydrogen-bond donors (Lipinski definition) is 0. The number of aromatic nitrogens is 3. The van der Waals surface area contributed by atoms with E-state index in [0.717, 1.165) is 30.5 Å². The first-order valence-electron chi connectivity index (χ1n) is 10.8. The summed E-state index contributed by atoms with van der Waals surface area (Å²) in [5.41, 5.74) is 2.68. The highest BCUT2D eigenvalue weighted by Crippen LogP contribution is 2.24. The van der Waals surface area contributed by atoms with Crippen molar-refractivity contribution < 1.29 is 14.1 Å². The molecule has 0 N–H and O–H groups in total. The minimum Gasteiger partial charge on any atom is -0.475 e. The first-order chi connectivity index (χ1) is 15.0. The van der Waals surface area contributed by atoms with Gasteiger partial charge in [-0.05, 0) is 51.2 Å². The summed E-state index contributed by atoms with van der Waals surface area (Å²) in [6, 6.07) is 11.5. The molecule has 0 bridgehead atoms. The van der Waals surface area contributed by atoms with Crippen molar-refractivity contribution in [2.24, 2.45) is 5.92 Å². The van der Waals surface area contributed by atoms with Crippen molar-refractivity contribution in [1.82, 2.24) is 20.0 Å². The summed E-state index contributed by atoms with van der Waals surface area (Å²) in [6.45, 7) is 7.35. The second-order valence-corrected chi connectivity index (χ2v) is 8.34. The number of benzene rings is 1. The molecule has 1 fully saturated rings. The van der Waals surface area contributed by atoms with Crippen LogP contribution in [0.5, 0.6) is 5.88 Å². The van der Waals surface area contributed by atoms with Gasteiger partial charge in [0.05, 0.1) is 11.7 Å². The van der Waals surface area contributed by atoms with Gasteiger partial charge in [-0.25, -0.2) is 4.98 Å². The van der Waals surface area contributed by atoms with Gasteiger partial charge in [-0.2, -0.15) is 4.98 Å². The number of amides is 1. The van der Waals surface area contributed by atoms with Crippen LogP contribution < -0.4 is 4.74 Å². The molecule has 0 spiro atoms. The van der Waals surface area contributed by atoms with Gasteiger partial charge in [0.15, 0.2) is 0 Å². The van der Waals surface area contributed by atoms with Crippen molar-refractivity contribution in [3.63, 3.8) is 0 Å². The SMILES string of the molecule is Cc1ccccc1-c1noc(CC2CCCN(C(=O)c3ccc(OC(C)C)nc3)C2)n1. The Labute approximate surface area is 182 Å². The van der Waals surface area contributed by atoms with E-state index in [9.17, 15) is 4.79 Å². The third-order valence-corrected chi connectivity index (χ3v) is 5.46. The number of likely N-dealkylation sites (tertiary alicyclic amines) is 1. The van der Waals surface area contributed by atoms with E-state index in [2.05, 4.69) is 15.1 Å². The molecule has 3 aromatic rings. The quantitative estimate of drug-likeness (QED) is 0.591. The fraction of sp³-hybridized carbons (Fsp3) is 0.417. The Bertz CT molecular complexity index is 1030. The van der Waals surface area contributed by atoms with Gasteiger partial charge in [0.25, 0.3) is 5.91 Å². The van der Waals surface area contributed by atoms with Gasteiger partial charge in [-0.1, -0.05) is 29.4 Å². The smallest absolute Gasteiger partial charge is 0.255 e. The van der Waals surface area contributed by atoms with E-state index in [4.69, 9.17) is 9.26 Å². The summed E-state index contributed by atoms with van der Waals surface area (Å²) in [5, 5.41) is 4.16. The first-order valence-corrected chi connectivity index (χ1v) is 10.8. The van der Waals surface area contributed by atoms with Crippen LogP contribution >= 0.6 is 0 Å². The maximum Gasteiger partial charge on any atom is 0.255 e. The van der Waals surface area contributed by atoms with Crippen molar-refractivity contribution in [2.75, 3.05) is 13.1 Å². The molecule has 31 heavy (non-hydrogen) atoms. The lowest BCUT2D eigenvalue weighted by molar-refractivity contribution is 0.0667. The van der Waals surface area contributed by atoms with Gasteiger partial charge < -0.3 is 14.2 Å². The predicted molar refractivity (Wildman–Crippen MR) is 117 cm³/mol. The molecule has 7 nitrogen and oxygen atoms in total. The molecule has 1 atom stereocenters. The average molecular weight is 421 g/mol. The topological polar surface area (TPSA) is 81.4 Å². The average Bonchev–Trinajstić information content (AvgIpc) is 3.22. The van der Waals surface area contributed by atoms with E-state index in [1.807, 2.05) is 49.9 Å². The number of pyridine rings is 1. The molecular formula is C24H28N4O3. The Kier molecular flexibility index (Phi) is 6.30. The van der Waals surface area contributed by atoms with Crippen LogP contribution in [0.2, 0.25) is 0 Å². The van der Waals surface area contributed by atoms with E-state index in [-0.39, 0.29) is 12.0 Å². The minimum atomic E-state index is -0.000532. The number of rotatable bonds is 6. The second-order valence-electron chi connectivity index (χ2n) is 8.34. The monoisotopic (exact) mass is 420 g/mol. The molecular weight excluding hydrogens is 392 g/mol. The zero-order chi connectivity index (χ0) is 21.8. The van der Waals surface area contributed by atoms with Crippen LogP contribution in [0.15, 0.2) is 47.1 Å².